The van der Waals surface area contributed by atoms with E-state index in [0.29, 0.717) is 41.8 Å². The van der Waals surface area contributed by atoms with E-state index in [1.165, 1.54) is 0 Å². The van der Waals surface area contributed by atoms with Gasteiger partial charge in [0.15, 0.2) is 11.5 Å². The lowest BCUT2D eigenvalue weighted by Crippen LogP contribution is -2.42. The first kappa shape index (κ1) is 15.8. The molecule has 0 spiro atoms. The number of hydrogen-bond acceptors (Lipinski definition) is 4. The summed E-state index contributed by atoms with van der Waals surface area (Å²) in [5.41, 5.74) is 2.54. The van der Waals surface area contributed by atoms with Gasteiger partial charge >= 0.3 is 0 Å². The second-order valence-corrected chi connectivity index (χ2v) is 6.32. The van der Waals surface area contributed by atoms with Crippen molar-refractivity contribution in [2.75, 3.05) is 13.2 Å². The molecular formula is C19H22O4. The third-order valence-electron chi connectivity index (χ3n) is 4.60. The van der Waals surface area contributed by atoms with E-state index in [1.54, 1.807) is 0 Å². The average Bonchev–Trinajstić information content (AvgIpc) is 2.53. The topological polar surface area (TPSA) is 52.6 Å². The number of fused-ring (bicyclic) bond motifs is 3. The average molecular weight is 314 g/mol. The Bertz CT molecular complexity index is 810. The molecule has 0 N–H and O–H groups in total. The van der Waals surface area contributed by atoms with Gasteiger partial charge in [-0.1, -0.05) is 13.8 Å². The van der Waals surface area contributed by atoms with Crippen LogP contribution in [0.25, 0.3) is 11.1 Å². The van der Waals surface area contributed by atoms with E-state index in [4.69, 9.17) is 9.47 Å². The Morgan fingerprint density at radius 1 is 1.04 bits per heavy atom. The van der Waals surface area contributed by atoms with Gasteiger partial charge < -0.3 is 9.47 Å². The van der Waals surface area contributed by atoms with Crippen molar-refractivity contribution in [3.63, 3.8) is 0 Å². The normalized spacial score (nSPS) is 16.3. The van der Waals surface area contributed by atoms with Gasteiger partial charge in [-0.15, -0.1) is 0 Å². The summed E-state index contributed by atoms with van der Waals surface area (Å²) in [6.45, 7) is 9.10. The molecule has 0 saturated carbocycles. The first-order valence-corrected chi connectivity index (χ1v) is 8.25. The van der Waals surface area contributed by atoms with Crippen LogP contribution in [0.4, 0.5) is 0 Å². The lowest BCUT2D eigenvalue weighted by Gasteiger charge is -2.31. The minimum Gasteiger partial charge on any atom is -0.490 e. The standard InChI is InChI=1S/C19H22O4/c1-5-22-14-8-11-7-12(10(3)4)16-17(19(21)18(16)20)13(11)9-15(14)23-6-2/h8-10,12H,5-7H2,1-4H3. The molecular weight excluding hydrogens is 292 g/mol. The predicted molar refractivity (Wildman–Crippen MR) is 90.4 cm³/mol. The van der Waals surface area contributed by atoms with Gasteiger partial charge in [0.1, 0.15) is 0 Å². The smallest absolute Gasteiger partial charge is 0.234 e. The highest BCUT2D eigenvalue weighted by Crippen LogP contribution is 2.44. The van der Waals surface area contributed by atoms with Crippen LogP contribution in [0.1, 0.15) is 44.7 Å². The SMILES string of the molecule is CCOc1cc2c(cc1OCC)-c1c(c(=O)c1=O)C(C(C)C)C2. The summed E-state index contributed by atoms with van der Waals surface area (Å²) in [6.07, 6.45) is 0.761. The highest BCUT2D eigenvalue weighted by Gasteiger charge is 2.36. The molecule has 0 amide bonds. The molecule has 0 fully saturated rings. The van der Waals surface area contributed by atoms with E-state index in [9.17, 15) is 9.59 Å². The number of benzene rings is 1. The Morgan fingerprint density at radius 3 is 2.22 bits per heavy atom. The summed E-state index contributed by atoms with van der Waals surface area (Å²) in [7, 11) is 0. The van der Waals surface area contributed by atoms with Crippen molar-refractivity contribution in [2.45, 2.75) is 40.0 Å². The van der Waals surface area contributed by atoms with Crippen LogP contribution in [-0.2, 0) is 6.42 Å². The molecule has 0 radical (unpaired) electrons. The third kappa shape index (κ3) is 2.37. The van der Waals surface area contributed by atoms with E-state index < -0.39 is 0 Å². The van der Waals surface area contributed by atoms with Crippen LogP contribution in [0.5, 0.6) is 11.5 Å². The van der Waals surface area contributed by atoms with Gasteiger partial charge in [-0.2, -0.15) is 0 Å². The molecule has 0 heterocycles. The van der Waals surface area contributed by atoms with Crippen molar-refractivity contribution in [3.05, 3.63) is 43.7 Å². The zero-order valence-corrected chi connectivity index (χ0v) is 14.1. The summed E-state index contributed by atoms with van der Waals surface area (Å²) >= 11 is 0. The highest BCUT2D eigenvalue weighted by atomic mass is 16.5. The lowest BCUT2D eigenvalue weighted by molar-refractivity contribution is 0.287. The largest absolute Gasteiger partial charge is 0.490 e. The van der Waals surface area contributed by atoms with Crippen molar-refractivity contribution >= 4 is 0 Å². The zero-order chi connectivity index (χ0) is 16.7. The van der Waals surface area contributed by atoms with Gasteiger partial charge in [0.25, 0.3) is 0 Å². The highest BCUT2D eigenvalue weighted by molar-refractivity contribution is 5.79. The number of ether oxygens (including phenoxy) is 2. The second-order valence-electron chi connectivity index (χ2n) is 6.32. The number of rotatable bonds is 5. The molecule has 1 aliphatic carbocycles. The van der Waals surface area contributed by atoms with Crippen molar-refractivity contribution in [1.29, 1.82) is 0 Å². The fraction of sp³-hybridized carbons (Fsp3) is 0.474. The van der Waals surface area contributed by atoms with Crippen molar-refractivity contribution < 1.29 is 9.47 Å². The molecule has 4 nitrogen and oxygen atoms in total. The van der Waals surface area contributed by atoms with Gasteiger partial charge in [-0.05, 0) is 55.4 Å². The molecule has 3 rings (SSSR count). The monoisotopic (exact) mass is 314 g/mol. The molecule has 4 heteroatoms. The second kappa shape index (κ2) is 5.84. The van der Waals surface area contributed by atoms with Gasteiger partial charge in [0.05, 0.1) is 13.2 Å². The van der Waals surface area contributed by atoms with Crippen molar-refractivity contribution in [2.24, 2.45) is 5.92 Å². The van der Waals surface area contributed by atoms with Gasteiger partial charge in [-0.25, -0.2) is 0 Å². The summed E-state index contributed by atoms with van der Waals surface area (Å²) in [5, 5.41) is 0. The molecule has 1 aliphatic rings. The van der Waals surface area contributed by atoms with Crippen LogP contribution in [0.15, 0.2) is 21.7 Å². The van der Waals surface area contributed by atoms with Crippen molar-refractivity contribution in [3.8, 4) is 22.6 Å². The predicted octanol–water partition coefficient (Wildman–Crippen LogP) is 3.04. The van der Waals surface area contributed by atoms with E-state index >= 15 is 0 Å². The Morgan fingerprint density at radius 2 is 1.65 bits per heavy atom. The summed E-state index contributed by atoms with van der Waals surface area (Å²) in [4.78, 5) is 24.2. The Labute approximate surface area is 135 Å². The van der Waals surface area contributed by atoms with Gasteiger partial charge in [0.2, 0.25) is 10.9 Å². The third-order valence-corrected chi connectivity index (χ3v) is 4.60. The Balaban J connectivity index is 2.18. The van der Waals surface area contributed by atoms with E-state index in [-0.39, 0.29) is 16.8 Å². The van der Waals surface area contributed by atoms with Crippen LogP contribution >= 0.6 is 0 Å². The van der Waals surface area contributed by atoms with E-state index in [2.05, 4.69) is 13.8 Å². The molecule has 0 aliphatic heterocycles. The number of hydrogen-bond donors (Lipinski definition) is 0. The Kier molecular flexibility index (Phi) is 4.00. The van der Waals surface area contributed by atoms with Crippen LogP contribution in [0.3, 0.4) is 0 Å². The first-order chi connectivity index (χ1) is 11.0. The fourth-order valence-corrected chi connectivity index (χ4v) is 3.48. The minimum atomic E-state index is -0.363. The quantitative estimate of drug-likeness (QED) is 0.796. The lowest BCUT2D eigenvalue weighted by atomic mass is 9.71. The summed E-state index contributed by atoms with van der Waals surface area (Å²) in [6, 6.07) is 3.83. The molecule has 1 atom stereocenters. The molecule has 122 valence electrons. The van der Waals surface area contributed by atoms with Gasteiger partial charge in [0, 0.05) is 11.1 Å². The van der Waals surface area contributed by atoms with E-state index in [0.717, 1.165) is 17.5 Å². The maximum atomic E-state index is 12.1. The van der Waals surface area contributed by atoms with Crippen LogP contribution in [0.2, 0.25) is 0 Å². The molecule has 0 saturated heterocycles. The van der Waals surface area contributed by atoms with Crippen LogP contribution < -0.4 is 20.3 Å². The molecule has 2 aromatic rings. The zero-order valence-electron chi connectivity index (χ0n) is 14.1. The van der Waals surface area contributed by atoms with E-state index in [1.807, 2.05) is 26.0 Å². The maximum Gasteiger partial charge on any atom is 0.234 e. The summed E-state index contributed by atoms with van der Waals surface area (Å²) < 4.78 is 11.3. The van der Waals surface area contributed by atoms with Crippen molar-refractivity contribution in [1.82, 2.24) is 0 Å². The fourth-order valence-electron chi connectivity index (χ4n) is 3.48. The Hall–Kier alpha value is -2.10. The maximum absolute atomic E-state index is 12.1. The molecule has 0 aromatic heterocycles. The minimum absolute atomic E-state index is 0.107. The van der Waals surface area contributed by atoms with Gasteiger partial charge in [-0.3, -0.25) is 9.59 Å². The van der Waals surface area contributed by atoms with Crippen LogP contribution in [0, 0.1) is 5.92 Å². The summed E-state index contributed by atoms with van der Waals surface area (Å²) in [5.74, 6) is 1.76. The molecule has 23 heavy (non-hydrogen) atoms. The van der Waals surface area contributed by atoms with Crippen LogP contribution in [-0.4, -0.2) is 13.2 Å². The first-order valence-electron chi connectivity index (χ1n) is 8.25. The molecule has 0 bridgehead atoms. The molecule has 1 unspecified atom stereocenters. The molecule has 2 aromatic carbocycles.